The largest absolute Gasteiger partial charge is 0.481 e. The number of aromatic nitrogens is 1. The molecule has 1 atom stereocenters. The Bertz CT molecular complexity index is 901. The molecule has 3 rings (SSSR count). The van der Waals surface area contributed by atoms with Gasteiger partial charge in [0.15, 0.2) is 0 Å². The van der Waals surface area contributed by atoms with E-state index in [1.165, 1.54) is 18.5 Å². The standard InChI is InChI=1S/C23H28N2O3S/c1-3-12-23(4-2,22(27)28)14-20(26)24-18-7-5-6-16(13-18)8-11-21-25-19(15-29-21)17-9-10-17/h5-8,11,13,15,17H,3-4,9-10,12,14H2,1-2H3,(H,24,26)(H,27,28). The fourth-order valence-electron chi connectivity index (χ4n) is 3.55. The molecule has 1 amide bonds. The highest BCUT2D eigenvalue weighted by molar-refractivity contribution is 7.10. The molecule has 5 nitrogen and oxygen atoms in total. The van der Waals surface area contributed by atoms with Gasteiger partial charge in [0, 0.05) is 23.4 Å². The third-order valence-electron chi connectivity index (χ3n) is 5.48. The number of carbonyl (C=O) groups excluding carboxylic acids is 1. The van der Waals surface area contributed by atoms with Gasteiger partial charge in [-0.05, 0) is 49.5 Å². The summed E-state index contributed by atoms with van der Waals surface area (Å²) in [5, 5.41) is 15.6. The number of amides is 1. The van der Waals surface area contributed by atoms with E-state index in [-0.39, 0.29) is 12.3 Å². The van der Waals surface area contributed by atoms with Crippen LogP contribution in [0.2, 0.25) is 0 Å². The Labute approximate surface area is 175 Å². The van der Waals surface area contributed by atoms with Gasteiger partial charge in [0.1, 0.15) is 5.01 Å². The quantitative estimate of drug-likeness (QED) is 0.517. The highest BCUT2D eigenvalue weighted by Crippen LogP contribution is 2.40. The van der Waals surface area contributed by atoms with Crippen LogP contribution in [0.3, 0.4) is 0 Å². The van der Waals surface area contributed by atoms with E-state index in [1.54, 1.807) is 11.3 Å². The topological polar surface area (TPSA) is 79.3 Å². The molecule has 1 heterocycles. The fourth-order valence-corrected chi connectivity index (χ4v) is 4.34. The van der Waals surface area contributed by atoms with Crippen molar-refractivity contribution in [2.24, 2.45) is 5.41 Å². The number of rotatable bonds is 10. The Hall–Kier alpha value is -2.47. The third kappa shape index (κ3) is 5.54. The van der Waals surface area contributed by atoms with Crippen molar-refractivity contribution in [2.45, 2.75) is 58.3 Å². The zero-order valence-corrected chi connectivity index (χ0v) is 17.8. The van der Waals surface area contributed by atoms with Crippen molar-refractivity contribution in [1.29, 1.82) is 0 Å². The van der Waals surface area contributed by atoms with Crippen molar-refractivity contribution in [3.63, 3.8) is 0 Å². The molecule has 2 N–H and O–H groups in total. The average Bonchev–Trinajstić information content (AvgIpc) is 3.44. The molecule has 2 aromatic rings. The van der Waals surface area contributed by atoms with Gasteiger partial charge in [0.2, 0.25) is 5.91 Å². The first-order chi connectivity index (χ1) is 14.0. The van der Waals surface area contributed by atoms with E-state index in [9.17, 15) is 14.7 Å². The molecule has 0 saturated heterocycles. The first kappa shape index (κ1) is 21.2. The summed E-state index contributed by atoms with van der Waals surface area (Å²) in [6.07, 6.45) is 8.10. The molecular weight excluding hydrogens is 384 g/mol. The Morgan fingerprint density at radius 2 is 2.10 bits per heavy atom. The number of nitrogens with zero attached hydrogens (tertiary/aromatic N) is 1. The number of hydrogen-bond donors (Lipinski definition) is 2. The Morgan fingerprint density at radius 1 is 1.31 bits per heavy atom. The Balaban J connectivity index is 1.64. The first-order valence-electron chi connectivity index (χ1n) is 10.2. The van der Waals surface area contributed by atoms with Crippen LogP contribution in [0.15, 0.2) is 29.6 Å². The molecule has 0 spiro atoms. The van der Waals surface area contributed by atoms with Gasteiger partial charge < -0.3 is 10.4 Å². The summed E-state index contributed by atoms with van der Waals surface area (Å²) in [6.45, 7) is 3.77. The van der Waals surface area contributed by atoms with Crippen LogP contribution in [0.25, 0.3) is 12.2 Å². The highest BCUT2D eigenvalue weighted by Gasteiger charge is 2.38. The van der Waals surface area contributed by atoms with Crippen LogP contribution >= 0.6 is 11.3 Å². The smallest absolute Gasteiger partial charge is 0.310 e. The van der Waals surface area contributed by atoms with Gasteiger partial charge in [-0.1, -0.05) is 38.5 Å². The van der Waals surface area contributed by atoms with Gasteiger partial charge in [0.25, 0.3) is 0 Å². The lowest BCUT2D eigenvalue weighted by Gasteiger charge is -2.27. The maximum atomic E-state index is 12.5. The number of nitrogens with one attached hydrogen (secondary N) is 1. The zero-order valence-electron chi connectivity index (χ0n) is 17.0. The lowest BCUT2D eigenvalue weighted by Crippen LogP contribution is -2.34. The minimum Gasteiger partial charge on any atom is -0.481 e. The number of anilines is 1. The van der Waals surface area contributed by atoms with E-state index < -0.39 is 11.4 Å². The van der Waals surface area contributed by atoms with Gasteiger partial charge in [0.05, 0.1) is 11.1 Å². The number of benzene rings is 1. The molecule has 29 heavy (non-hydrogen) atoms. The molecule has 154 valence electrons. The molecule has 1 aromatic carbocycles. The van der Waals surface area contributed by atoms with Crippen LogP contribution in [0, 0.1) is 5.41 Å². The van der Waals surface area contributed by atoms with E-state index in [0.717, 1.165) is 17.0 Å². The molecule has 1 aromatic heterocycles. The summed E-state index contributed by atoms with van der Waals surface area (Å²) in [5.74, 6) is -0.513. The van der Waals surface area contributed by atoms with E-state index in [1.807, 2.05) is 50.3 Å². The number of carboxylic acids is 1. The molecule has 1 unspecified atom stereocenters. The monoisotopic (exact) mass is 412 g/mol. The first-order valence-corrected chi connectivity index (χ1v) is 11.1. The molecule has 1 aliphatic rings. The predicted octanol–water partition coefficient (Wildman–Crippen LogP) is 5.80. The van der Waals surface area contributed by atoms with Crippen LogP contribution in [0.4, 0.5) is 5.69 Å². The predicted molar refractivity (Wildman–Crippen MR) is 118 cm³/mol. The number of hydrogen-bond acceptors (Lipinski definition) is 4. The van der Waals surface area contributed by atoms with Crippen LogP contribution < -0.4 is 5.32 Å². The van der Waals surface area contributed by atoms with Crippen molar-refractivity contribution in [3.05, 3.63) is 45.9 Å². The lowest BCUT2D eigenvalue weighted by atomic mass is 9.77. The minimum absolute atomic E-state index is 0.0181. The second kappa shape index (κ2) is 9.35. The SMILES string of the molecule is CCCC(CC)(CC(=O)Nc1cccc(C=Cc2nc(C3CC3)cs2)c1)C(=O)O. The van der Waals surface area contributed by atoms with Crippen LogP contribution in [0.5, 0.6) is 0 Å². The van der Waals surface area contributed by atoms with Gasteiger partial charge >= 0.3 is 5.97 Å². The average molecular weight is 413 g/mol. The summed E-state index contributed by atoms with van der Waals surface area (Å²) < 4.78 is 0. The van der Waals surface area contributed by atoms with Gasteiger partial charge in [-0.3, -0.25) is 9.59 Å². The molecular formula is C23H28N2O3S. The highest BCUT2D eigenvalue weighted by atomic mass is 32.1. The number of aliphatic carboxylic acids is 1. The lowest BCUT2D eigenvalue weighted by molar-refractivity contribution is -0.152. The zero-order chi connectivity index (χ0) is 20.9. The van der Waals surface area contributed by atoms with Crippen molar-refractivity contribution in [3.8, 4) is 0 Å². The molecule has 1 saturated carbocycles. The van der Waals surface area contributed by atoms with Crippen molar-refractivity contribution in [1.82, 2.24) is 4.98 Å². The summed E-state index contributed by atoms with van der Waals surface area (Å²) in [5.41, 5.74) is 1.82. The van der Waals surface area contributed by atoms with Crippen LogP contribution in [-0.4, -0.2) is 22.0 Å². The minimum atomic E-state index is -1.000. The molecule has 1 aliphatic carbocycles. The molecule has 0 radical (unpaired) electrons. The van der Waals surface area contributed by atoms with Gasteiger partial charge in [-0.2, -0.15) is 0 Å². The maximum Gasteiger partial charge on any atom is 0.310 e. The summed E-state index contributed by atoms with van der Waals surface area (Å²) in [4.78, 5) is 28.9. The number of thiazole rings is 1. The van der Waals surface area contributed by atoms with E-state index in [4.69, 9.17) is 0 Å². The molecule has 6 heteroatoms. The Morgan fingerprint density at radius 3 is 2.76 bits per heavy atom. The van der Waals surface area contributed by atoms with Gasteiger partial charge in [-0.25, -0.2) is 4.98 Å². The Kier molecular flexibility index (Phi) is 6.85. The van der Waals surface area contributed by atoms with Crippen LogP contribution in [-0.2, 0) is 9.59 Å². The second-order valence-electron chi connectivity index (χ2n) is 7.76. The van der Waals surface area contributed by atoms with Crippen molar-refractivity contribution >= 4 is 41.1 Å². The molecule has 0 bridgehead atoms. The van der Waals surface area contributed by atoms with E-state index >= 15 is 0 Å². The maximum absolute atomic E-state index is 12.5. The summed E-state index contributed by atoms with van der Waals surface area (Å²) >= 11 is 1.64. The van der Waals surface area contributed by atoms with Crippen LogP contribution in [0.1, 0.15) is 74.6 Å². The summed E-state index contributed by atoms with van der Waals surface area (Å²) in [6, 6.07) is 7.55. The fraction of sp³-hybridized carbons (Fsp3) is 0.435. The van der Waals surface area contributed by atoms with Crippen molar-refractivity contribution in [2.75, 3.05) is 5.32 Å². The molecule has 0 aliphatic heterocycles. The van der Waals surface area contributed by atoms with Crippen molar-refractivity contribution < 1.29 is 14.7 Å². The van der Waals surface area contributed by atoms with Gasteiger partial charge in [-0.15, -0.1) is 11.3 Å². The molecule has 1 fully saturated rings. The number of carbonyl (C=O) groups is 2. The van der Waals surface area contributed by atoms with E-state index in [0.29, 0.717) is 24.4 Å². The van der Waals surface area contributed by atoms with E-state index in [2.05, 4.69) is 15.7 Å². The number of carboxylic acid groups (broad SMARTS) is 1. The third-order valence-corrected chi connectivity index (χ3v) is 6.31. The normalized spacial score (nSPS) is 15.9. The second-order valence-corrected chi connectivity index (χ2v) is 8.65. The summed E-state index contributed by atoms with van der Waals surface area (Å²) in [7, 11) is 0.